The number of amides is 2. The van der Waals surface area contributed by atoms with Crippen LogP contribution >= 0.6 is 11.8 Å². The summed E-state index contributed by atoms with van der Waals surface area (Å²) in [5.74, 6) is -2.30. The quantitative estimate of drug-likeness (QED) is 0.809. The number of primary amides is 1. The van der Waals surface area contributed by atoms with Crippen LogP contribution in [-0.2, 0) is 9.53 Å². The molecule has 0 bridgehead atoms. The lowest BCUT2D eigenvalue weighted by Gasteiger charge is -2.22. The van der Waals surface area contributed by atoms with E-state index in [-0.39, 0.29) is 5.75 Å². The van der Waals surface area contributed by atoms with Gasteiger partial charge < -0.3 is 15.8 Å². The van der Waals surface area contributed by atoms with E-state index in [0.717, 1.165) is 0 Å². The number of alkyl halides is 3. The number of halogens is 3. The first-order valence-electron chi connectivity index (χ1n) is 5.34. The van der Waals surface area contributed by atoms with E-state index < -0.39 is 35.6 Å². The highest BCUT2D eigenvalue weighted by atomic mass is 32.2. The smallest absolute Gasteiger partial charge is 0.408 e. The van der Waals surface area contributed by atoms with Crippen molar-refractivity contribution in [3.63, 3.8) is 0 Å². The van der Waals surface area contributed by atoms with Crippen molar-refractivity contribution in [3.8, 4) is 0 Å². The Morgan fingerprint density at radius 2 is 1.84 bits per heavy atom. The number of alkyl carbamates (subject to hydrolysis) is 1. The molecular formula is C10H17F3N2O3S. The zero-order valence-corrected chi connectivity index (χ0v) is 11.7. The number of hydrogen-bond acceptors (Lipinski definition) is 4. The standard InChI is InChI=1S/C10H17F3N2O3S/c1-9(2,3)18-8(17)15-6(7(14)16)4-19-5-10(11,12)13/h6H,4-5H2,1-3H3,(H2,14,16)(H,15,17). The fourth-order valence-electron chi connectivity index (χ4n) is 0.937. The Hall–Kier alpha value is -1.12. The van der Waals surface area contributed by atoms with Crippen molar-refractivity contribution < 1.29 is 27.5 Å². The summed E-state index contributed by atoms with van der Waals surface area (Å²) in [5, 5.41) is 2.14. The van der Waals surface area contributed by atoms with E-state index in [0.29, 0.717) is 11.8 Å². The van der Waals surface area contributed by atoms with Gasteiger partial charge in [0.25, 0.3) is 0 Å². The lowest BCUT2D eigenvalue weighted by molar-refractivity contribution is -0.119. The molecule has 0 aliphatic heterocycles. The second-order valence-corrected chi connectivity index (χ2v) is 5.76. The summed E-state index contributed by atoms with van der Waals surface area (Å²) in [6.45, 7) is 4.85. The van der Waals surface area contributed by atoms with Gasteiger partial charge in [0.1, 0.15) is 11.6 Å². The number of carbonyl (C=O) groups is 2. The number of ether oxygens (including phenoxy) is 1. The zero-order chi connectivity index (χ0) is 15.3. The molecule has 0 aromatic heterocycles. The van der Waals surface area contributed by atoms with Gasteiger partial charge in [-0.25, -0.2) is 4.79 Å². The molecule has 19 heavy (non-hydrogen) atoms. The minimum Gasteiger partial charge on any atom is -0.444 e. The van der Waals surface area contributed by atoms with E-state index >= 15 is 0 Å². The highest BCUT2D eigenvalue weighted by Gasteiger charge is 2.29. The van der Waals surface area contributed by atoms with Crippen molar-refractivity contribution >= 4 is 23.8 Å². The van der Waals surface area contributed by atoms with E-state index in [2.05, 4.69) is 5.32 Å². The Balaban J connectivity index is 4.28. The second-order valence-electron chi connectivity index (χ2n) is 4.73. The van der Waals surface area contributed by atoms with E-state index in [4.69, 9.17) is 10.5 Å². The maximum absolute atomic E-state index is 11.9. The Morgan fingerprint density at radius 1 is 1.32 bits per heavy atom. The summed E-state index contributed by atoms with van der Waals surface area (Å²) >= 11 is 0.460. The van der Waals surface area contributed by atoms with E-state index in [9.17, 15) is 22.8 Å². The Kier molecular flexibility index (Phi) is 6.47. The van der Waals surface area contributed by atoms with Gasteiger partial charge in [-0.2, -0.15) is 13.2 Å². The van der Waals surface area contributed by atoms with E-state index in [1.165, 1.54) is 0 Å². The molecule has 0 saturated heterocycles. The summed E-state index contributed by atoms with van der Waals surface area (Å²) < 4.78 is 40.7. The lowest BCUT2D eigenvalue weighted by atomic mass is 10.2. The molecule has 3 N–H and O–H groups in total. The molecule has 0 spiro atoms. The molecule has 0 rings (SSSR count). The van der Waals surface area contributed by atoms with Crippen molar-refractivity contribution in [1.29, 1.82) is 0 Å². The average molecular weight is 302 g/mol. The molecular weight excluding hydrogens is 285 g/mol. The van der Waals surface area contributed by atoms with Gasteiger partial charge in [-0.1, -0.05) is 0 Å². The van der Waals surface area contributed by atoms with Crippen LogP contribution in [0.2, 0.25) is 0 Å². The number of thioether (sulfide) groups is 1. The first-order chi connectivity index (χ1) is 8.41. The van der Waals surface area contributed by atoms with Crippen LogP contribution in [0.3, 0.4) is 0 Å². The summed E-state index contributed by atoms with van der Waals surface area (Å²) in [7, 11) is 0. The molecule has 0 aliphatic rings. The van der Waals surface area contributed by atoms with Gasteiger partial charge in [0.2, 0.25) is 5.91 Å². The third kappa shape index (κ3) is 10.5. The van der Waals surface area contributed by atoms with Gasteiger partial charge in [0, 0.05) is 5.75 Å². The van der Waals surface area contributed by atoms with Crippen molar-refractivity contribution in [2.75, 3.05) is 11.5 Å². The highest BCUT2D eigenvalue weighted by molar-refractivity contribution is 7.99. The molecule has 0 aromatic rings. The van der Waals surface area contributed by atoms with Crippen LogP contribution in [0.4, 0.5) is 18.0 Å². The molecule has 0 radical (unpaired) electrons. The van der Waals surface area contributed by atoms with Crippen LogP contribution in [0.15, 0.2) is 0 Å². The molecule has 0 saturated carbocycles. The van der Waals surface area contributed by atoms with Crippen LogP contribution in [0.5, 0.6) is 0 Å². The summed E-state index contributed by atoms with van der Waals surface area (Å²) in [5.41, 5.74) is 4.22. The molecule has 1 unspecified atom stereocenters. The predicted octanol–water partition coefficient (Wildman–Crippen LogP) is 1.66. The van der Waals surface area contributed by atoms with Crippen LogP contribution in [0.25, 0.3) is 0 Å². The normalized spacial score (nSPS) is 13.8. The maximum atomic E-state index is 11.9. The number of hydrogen-bond donors (Lipinski definition) is 2. The van der Waals surface area contributed by atoms with Crippen molar-refractivity contribution in [2.24, 2.45) is 5.73 Å². The predicted molar refractivity (Wildman–Crippen MR) is 65.7 cm³/mol. The second kappa shape index (κ2) is 6.88. The van der Waals surface area contributed by atoms with Gasteiger partial charge in [-0.15, -0.1) is 11.8 Å². The highest BCUT2D eigenvalue weighted by Crippen LogP contribution is 2.21. The topological polar surface area (TPSA) is 81.4 Å². The Morgan fingerprint density at radius 3 is 2.21 bits per heavy atom. The minimum absolute atomic E-state index is 0.270. The molecule has 0 aromatic carbocycles. The van der Waals surface area contributed by atoms with E-state index in [1.54, 1.807) is 20.8 Å². The summed E-state index contributed by atoms with van der Waals surface area (Å²) in [4.78, 5) is 22.4. The van der Waals surface area contributed by atoms with Crippen LogP contribution < -0.4 is 11.1 Å². The summed E-state index contributed by atoms with van der Waals surface area (Å²) in [6, 6.07) is -1.21. The van der Waals surface area contributed by atoms with Crippen LogP contribution in [-0.4, -0.2) is 41.3 Å². The first-order valence-corrected chi connectivity index (χ1v) is 6.49. The van der Waals surface area contributed by atoms with Crippen molar-refractivity contribution in [1.82, 2.24) is 5.32 Å². The average Bonchev–Trinajstić information content (AvgIpc) is 2.10. The molecule has 5 nitrogen and oxygen atoms in total. The zero-order valence-electron chi connectivity index (χ0n) is 10.8. The lowest BCUT2D eigenvalue weighted by Crippen LogP contribution is -2.48. The molecule has 0 fully saturated rings. The number of nitrogens with one attached hydrogen (secondary N) is 1. The Bertz CT molecular complexity index is 329. The molecule has 112 valence electrons. The van der Waals surface area contributed by atoms with Crippen molar-refractivity contribution in [3.05, 3.63) is 0 Å². The fourth-order valence-corrected chi connectivity index (χ4v) is 1.77. The van der Waals surface area contributed by atoms with Gasteiger partial charge in [0.05, 0.1) is 5.75 Å². The van der Waals surface area contributed by atoms with Gasteiger partial charge in [0.15, 0.2) is 0 Å². The molecule has 2 amide bonds. The van der Waals surface area contributed by atoms with Gasteiger partial charge in [-0.05, 0) is 20.8 Å². The minimum atomic E-state index is -4.33. The Labute approximate surface area is 113 Å². The first kappa shape index (κ1) is 17.9. The number of rotatable bonds is 5. The summed E-state index contributed by atoms with van der Waals surface area (Å²) in [6.07, 6.45) is -5.23. The SMILES string of the molecule is CC(C)(C)OC(=O)NC(CSCC(F)(F)F)C(N)=O. The number of nitrogens with two attached hydrogens (primary N) is 1. The van der Waals surface area contributed by atoms with E-state index in [1.807, 2.05) is 0 Å². The molecule has 0 aliphatic carbocycles. The number of carbonyl (C=O) groups excluding carboxylic acids is 2. The third-order valence-corrected chi connectivity index (χ3v) is 2.69. The molecule has 9 heteroatoms. The molecule has 1 atom stereocenters. The van der Waals surface area contributed by atoms with Crippen LogP contribution in [0.1, 0.15) is 20.8 Å². The van der Waals surface area contributed by atoms with Gasteiger partial charge >= 0.3 is 12.3 Å². The van der Waals surface area contributed by atoms with Gasteiger partial charge in [-0.3, -0.25) is 4.79 Å². The largest absolute Gasteiger partial charge is 0.444 e. The fraction of sp³-hybridized carbons (Fsp3) is 0.800. The monoisotopic (exact) mass is 302 g/mol. The van der Waals surface area contributed by atoms with Crippen molar-refractivity contribution in [2.45, 2.75) is 38.6 Å². The molecule has 0 heterocycles. The maximum Gasteiger partial charge on any atom is 0.408 e. The van der Waals surface area contributed by atoms with Crippen LogP contribution in [0, 0.1) is 0 Å². The third-order valence-electron chi connectivity index (χ3n) is 1.58.